The van der Waals surface area contributed by atoms with Gasteiger partial charge in [-0.25, -0.2) is 0 Å². The second-order valence-electron chi connectivity index (χ2n) is 4.98. The predicted molar refractivity (Wildman–Crippen MR) is 89.8 cm³/mol. The second-order valence-corrected chi connectivity index (χ2v) is 7.84. The molecule has 2 aromatic rings. The molecule has 0 bridgehead atoms. The van der Waals surface area contributed by atoms with Crippen LogP contribution in [0.15, 0.2) is 16.4 Å². The summed E-state index contributed by atoms with van der Waals surface area (Å²) in [5.41, 5.74) is 4.70. The summed E-state index contributed by atoms with van der Waals surface area (Å²) in [6.45, 7) is 4.25. The summed E-state index contributed by atoms with van der Waals surface area (Å²) >= 11 is 4.95. The van der Waals surface area contributed by atoms with Crippen molar-refractivity contribution in [1.29, 1.82) is 0 Å². The number of aryl methyl sites for hydroxylation is 1. The molecule has 0 saturated heterocycles. The molecule has 3 nitrogen and oxygen atoms in total. The zero-order valence-corrected chi connectivity index (χ0v) is 14.3. The molecule has 2 aromatic heterocycles. The fourth-order valence-electron chi connectivity index (χ4n) is 2.45. The minimum absolute atomic E-state index is 0.968. The summed E-state index contributed by atoms with van der Waals surface area (Å²) in [4.78, 5) is 3.67. The number of hydrogen-bond acceptors (Lipinski definition) is 6. The van der Waals surface area contributed by atoms with Crippen molar-refractivity contribution >= 4 is 40.4 Å². The summed E-state index contributed by atoms with van der Waals surface area (Å²) in [7, 11) is 2.16. The Labute approximate surface area is 132 Å². The summed E-state index contributed by atoms with van der Waals surface area (Å²) in [5.74, 6) is 0. The normalized spacial score (nSPS) is 16.4. The van der Waals surface area contributed by atoms with Gasteiger partial charge in [0, 0.05) is 23.5 Å². The zero-order valence-electron chi connectivity index (χ0n) is 11.8. The molecule has 0 radical (unpaired) electrons. The van der Waals surface area contributed by atoms with Gasteiger partial charge in [0.25, 0.3) is 0 Å². The van der Waals surface area contributed by atoms with Gasteiger partial charge in [0.15, 0.2) is 0 Å². The number of thiophene rings is 1. The van der Waals surface area contributed by atoms with Gasteiger partial charge in [-0.1, -0.05) is 6.08 Å². The third kappa shape index (κ3) is 2.70. The van der Waals surface area contributed by atoms with E-state index in [1.165, 1.54) is 32.0 Å². The molecule has 0 unspecified atom stereocenters. The molecular weight excluding hydrogens is 306 g/mol. The number of hydrogen-bond donors (Lipinski definition) is 0. The summed E-state index contributed by atoms with van der Waals surface area (Å²) < 4.78 is 10.5. The molecule has 106 valence electrons. The van der Waals surface area contributed by atoms with Crippen LogP contribution < -0.4 is 0 Å². The number of thioether (sulfide) groups is 1. The van der Waals surface area contributed by atoms with Crippen LogP contribution in [-0.2, 0) is 0 Å². The third-order valence-corrected chi connectivity index (χ3v) is 6.11. The average Bonchev–Trinajstić information content (AvgIpc) is 3.04. The second kappa shape index (κ2) is 5.97. The van der Waals surface area contributed by atoms with E-state index in [9.17, 15) is 0 Å². The van der Waals surface area contributed by atoms with Crippen LogP contribution in [-0.4, -0.2) is 40.0 Å². The molecule has 0 saturated carbocycles. The van der Waals surface area contributed by atoms with E-state index in [0.29, 0.717) is 0 Å². The largest absolute Gasteiger partial charge is 0.302 e. The molecule has 0 fully saturated rings. The summed E-state index contributed by atoms with van der Waals surface area (Å²) in [6.07, 6.45) is 5.54. The van der Waals surface area contributed by atoms with Crippen molar-refractivity contribution in [2.45, 2.75) is 17.6 Å². The Kier molecular flexibility index (Phi) is 4.26. The minimum Gasteiger partial charge on any atom is -0.302 e. The molecule has 3 heterocycles. The minimum atomic E-state index is 0.968. The number of likely N-dealkylation sites (N-methyl/N-ethyl adjacent to an activating group) is 1. The van der Waals surface area contributed by atoms with E-state index in [-0.39, 0.29) is 0 Å². The van der Waals surface area contributed by atoms with Crippen molar-refractivity contribution in [1.82, 2.24) is 13.6 Å². The Balaban J connectivity index is 2.04. The highest BCUT2D eigenvalue weighted by atomic mass is 32.2. The summed E-state index contributed by atoms with van der Waals surface area (Å²) in [6, 6.07) is 2.24. The van der Waals surface area contributed by atoms with Gasteiger partial charge < -0.3 is 4.90 Å². The smallest absolute Gasteiger partial charge is 0.114 e. The molecule has 20 heavy (non-hydrogen) atoms. The van der Waals surface area contributed by atoms with Crippen LogP contribution in [0.2, 0.25) is 0 Å². The maximum Gasteiger partial charge on any atom is 0.114 e. The molecule has 0 amide bonds. The summed E-state index contributed by atoms with van der Waals surface area (Å²) in [5, 5.41) is 0. The van der Waals surface area contributed by atoms with Crippen molar-refractivity contribution in [2.75, 3.05) is 26.4 Å². The first-order chi connectivity index (χ1) is 9.69. The third-order valence-electron chi connectivity index (χ3n) is 3.40. The van der Waals surface area contributed by atoms with Crippen LogP contribution in [0.4, 0.5) is 0 Å². The molecule has 0 spiro atoms. The molecular formula is C14H17N3S3. The van der Waals surface area contributed by atoms with E-state index >= 15 is 0 Å². The average molecular weight is 324 g/mol. The quantitative estimate of drug-likeness (QED) is 0.798. The van der Waals surface area contributed by atoms with Crippen LogP contribution in [0, 0.1) is 6.92 Å². The lowest BCUT2D eigenvalue weighted by atomic mass is 10.0. The van der Waals surface area contributed by atoms with Crippen molar-refractivity contribution in [3.05, 3.63) is 22.7 Å². The van der Waals surface area contributed by atoms with Gasteiger partial charge in [0.1, 0.15) is 11.4 Å². The maximum absolute atomic E-state index is 4.57. The van der Waals surface area contributed by atoms with Gasteiger partial charge in [-0.2, -0.15) is 8.75 Å². The van der Waals surface area contributed by atoms with E-state index in [4.69, 9.17) is 0 Å². The van der Waals surface area contributed by atoms with Crippen molar-refractivity contribution in [2.24, 2.45) is 0 Å². The maximum atomic E-state index is 4.57. The number of rotatable bonds is 3. The molecule has 0 aliphatic carbocycles. The van der Waals surface area contributed by atoms with Crippen LogP contribution in [0.1, 0.15) is 17.0 Å². The Morgan fingerprint density at radius 2 is 2.10 bits per heavy atom. The monoisotopic (exact) mass is 323 g/mol. The van der Waals surface area contributed by atoms with Crippen LogP contribution in [0.25, 0.3) is 16.8 Å². The molecule has 1 aliphatic heterocycles. The highest BCUT2D eigenvalue weighted by Gasteiger charge is 2.21. The number of aromatic nitrogens is 2. The van der Waals surface area contributed by atoms with Crippen LogP contribution in [0.3, 0.4) is 0 Å². The van der Waals surface area contributed by atoms with Gasteiger partial charge in [-0.05, 0) is 38.3 Å². The molecule has 0 atom stereocenters. The Morgan fingerprint density at radius 1 is 1.30 bits per heavy atom. The van der Waals surface area contributed by atoms with Crippen LogP contribution in [0.5, 0.6) is 0 Å². The molecule has 0 aromatic carbocycles. The SMILES string of the molecule is CSc1sc(C)cc1-c1nsnc1C1=CCCN(C)C1. The predicted octanol–water partition coefficient (Wildman–Crippen LogP) is 4.02. The molecule has 3 rings (SSSR count). The Bertz CT molecular complexity index is 642. The lowest BCUT2D eigenvalue weighted by molar-refractivity contribution is 0.372. The van der Waals surface area contributed by atoms with Gasteiger partial charge in [0.2, 0.25) is 0 Å². The standard InChI is InChI=1S/C14H17N3S3/c1-9-7-11(14(18-3)19-9)13-12(15-20-16-13)10-5-4-6-17(2)8-10/h5,7H,4,6,8H2,1-3H3. The first-order valence-corrected chi connectivity index (χ1v) is 9.31. The van der Waals surface area contributed by atoms with Crippen molar-refractivity contribution in [3.63, 3.8) is 0 Å². The fourth-order valence-corrected chi connectivity index (χ4v) is 4.88. The van der Waals surface area contributed by atoms with Crippen molar-refractivity contribution < 1.29 is 0 Å². The fraction of sp³-hybridized carbons (Fsp3) is 0.429. The van der Waals surface area contributed by atoms with Gasteiger partial charge in [0.05, 0.1) is 15.9 Å². The Hall–Kier alpha value is -0.690. The van der Waals surface area contributed by atoms with Crippen molar-refractivity contribution in [3.8, 4) is 11.3 Å². The topological polar surface area (TPSA) is 29.0 Å². The molecule has 6 heteroatoms. The van der Waals surface area contributed by atoms with E-state index in [1.54, 1.807) is 11.8 Å². The first-order valence-electron chi connectivity index (χ1n) is 6.54. The van der Waals surface area contributed by atoms with E-state index in [0.717, 1.165) is 30.9 Å². The van der Waals surface area contributed by atoms with Gasteiger partial charge >= 0.3 is 0 Å². The van der Waals surface area contributed by atoms with Gasteiger partial charge in [-0.15, -0.1) is 23.1 Å². The van der Waals surface area contributed by atoms with E-state index in [2.05, 4.69) is 46.0 Å². The molecule has 0 N–H and O–H groups in total. The Morgan fingerprint density at radius 3 is 2.85 bits per heavy atom. The molecule has 1 aliphatic rings. The van der Waals surface area contributed by atoms with E-state index in [1.807, 2.05) is 11.3 Å². The van der Waals surface area contributed by atoms with Gasteiger partial charge in [-0.3, -0.25) is 0 Å². The first kappa shape index (κ1) is 14.3. The lowest BCUT2D eigenvalue weighted by Gasteiger charge is -2.22. The number of nitrogens with zero attached hydrogens (tertiary/aromatic N) is 3. The highest BCUT2D eigenvalue weighted by molar-refractivity contribution is 8.00. The van der Waals surface area contributed by atoms with E-state index < -0.39 is 0 Å². The lowest BCUT2D eigenvalue weighted by Crippen LogP contribution is -2.25. The van der Waals surface area contributed by atoms with Crippen LogP contribution >= 0.6 is 34.8 Å². The highest BCUT2D eigenvalue weighted by Crippen LogP contribution is 2.39. The zero-order chi connectivity index (χ0) is 14.1.